The predicted molar refractivity (Wildman–Crippen MR) is 351 cm³/mol. The maximum atomic E-state index is 8.65. The lowest BCUT2D eigenvalue weighted by atomic mass is 9.75. The number of benzene rings is 13. The maximum absolute atomic E-state index is 8.65. The van der Waals surface area contributed by atoms with Crippen LogP contribution >= 0.6 is 0 Å². The summed E-state index contributed by atoms with van der Waals surface area (Å²) in [4.78, 5) is 0. The van der Waals surface area contributed by atoms with Gasteiger partial charge in [0, 0.05) is 54.6 Å². The van der Waals surface area contributed by atoms with Gasteiger partial charge in [-0.05, 0) is 128 Å². The zero-order chi connectivity index (χ0) is 54.9. The average molecular weight is 1070 g/mol. The van der Waals surface area contributed by atoms with E-state index in [2.05, 4.69) is 297 Å². The third kappa shape index (κ3) is 6.06. The van der Waals surface area contributed by atoms with Crippen molar-refractivity contribution in [1.82, 2.24) is 18.3 Å². The monoisotopic (exact) mass is 1070 g/mol. The molecule has 4 aromatic heterocycles. The van der Waals surface area contributed by atoms with Gasteiger partial charge < -0.3 is 24.0 Å². The van der Waals surface area contributed by atoms with Crippen LogP contribution in [-0.4, -0.2) is 18.3 Å². The number of para-hydroxylation sites is 4. The topological polar surface area (TPSA) is 45.7 Å². The molecule has 390 valence electrons. The normalized spacial score (nSPS) is 12.8. The number of aromatic nitrogens is 4. The van der Waals surface area contributed by atoms with E-state index in [-0.39, 0.29) is 5.92 Å². The van der Waals surface area contributed by atoms with E-state index < -0.39 is 0 Å². The van der Waals surface area contributed by atoms with Gasteiger partial charge in [0.05, 0.1) is 72.6 Å². The van der Waals surface area contributed by atoms with Crippen LogP contribution in [0, 0.1) is 0 Å². The SMILES string of the molecule is Nc1c(-n2c3ccccc3c3ccccc32)c2c3c(c1-n1c4ccccc4c4ccccc41)-n1c4ccc(-c5ccccc5)cc4c4cc(-c5ccccc5)cc(c41)C3c1cc(-c3ccccc3)cc3c4cc(-c5ccccc5)ccc4n-2c13. The van der Waals surface area contributed by atoms with Gasteiger partial charge >= 0.3 is 0 Å². The molecule has 5 heteroatoms. The summed E-state index contributed by atoms with van der Waals surface area (Å²) in [7, 11) is 0. The van der Waals surface area contributed by atoms with Crippen molar-refractivity contribution in [2.75, 3.05) is 5.73 Å². The lowest BCUT2D eigenvalue weighted by Crippen LogP contribution is -2.26. The minimum atomic E-state index is -0.276. The first-order valence-corrected chi connectivity index (χ1v) is 29.1. The lowest BCUT2D eigenvalue weighted by Gasteiger charge is -2.39. The second-order valence-corrected chi connectivity index (χ2v) is 22.9. The first-order chi connectivity index (χ1) is 41.6. The number of nitrogens with two attached hydrogens (primary N) is 1. The smallest absolute Gasteiger partial charge is 0.0962 e. The molecule has 2 aliphatic rings. The number of anilines is 1. The van der Waals surface area contributed by atoms with Crippen molar-refractivity contribution >= 4 is 92.9 Å². The summed E-state index contributed by atoms with van der Waals surface area (Å²) in [6, 6.07) is 104. The Labute approximate surface area is 483 Å². The predicted octanol–water partition coefficient (Wildman–Crippen LogP) is 20.1. The molecule has 6 heterocycles. The van der Waals surface area contributed by atoms with Crippen LogP contribution in [0.3, 0.4) is 0 Å². The second-order valence-electron chi connectivity index (χ2n) is 22.9. The van der Waals surface area contributed by atoms with Crippen molar-refractivity contribution in [1.29, 1.82) is 0 Å². The van der Waals surface area contributed by atoms with Gasteiger partial charge in [0.2, 0.25) is 0 Å². The van der Waals surface area contributed by atoms with Crippen molar-refractivity contribution in [3.8, 4) is 67.3 Å². The zero-order valence-electron chi connectivity index (χ0n) is 45.5. The molecule has 0 saturated carbocycles. The van der Waals surface area contributed by atoms with E-state index in [1.54, 1.807) is 0 Å². The highest BCUT2D eigenvalue weighted by molar-refractivity contribution is 6.20. The number of nitrogens with zero attached hydrogens (tertiary/aromatic N) is 4. The Morgan fingerprint density at radius 2 is 0.524 bits per heavy atom. The molecule has 0 fully saturated rings. The molecule has 5 nitrogen and oxygen atoms in total. The van der Waals surface area contributed by atoms with E-state index in [4.69, 9.17) is 5.73 Å². The van der Waals surface area contributed by atoms with Crippen LogP contribution in [-0.2, 0) is 0 Å². The number of hydrogen-bond donors (Lipinski definition) is 1. The molecule has 2 aliphatic heterocycles. The fraction of sp³-hybridized carbons (Fsp3) is 0.0127. The Balaban J connectivity index is 1.10. The van der Waals surface area contributed by atoms with Crippen LogP contribution in [0.1, 0.15) is 22.6 Å². The van der Waals surface area contributed by atoms with Gasteiger partial charge in [-0.25, -0.2) is 0 Å². The molecule has 0 radical (unpaired) electrons. The molecule has 17 aromatic rings. The third-order valence-electron chi connectivity index (χ3n) is 18.6. The van der Waals surface area contributed by atoms with Crippen LogP contribution in [0.5, 0.6) is 0 Å². The van der Waals surface area contributed by atoms with E-state index in [0.29, 0.717) is 5.69 Å². The van der Waals surface area contributed by atoms with Crippen LogP contribution in [0.2, 0.25) is 0 Å². The van der Waals surface area contributed by atoms with Crippen LogP contribution in [0.15, 0.2) is 279 Å². The van der Waals surface area contributed by atoms with E-state index in [1.807, 2.05) is 0 Å². The molecule has 0 atom stereocenters. The van der Waals surface area contributed by atoms with Crippen LogP contribution in [0.25, 0.3) is 154 Å². The van der Waals surface area contributed by atoms with Gasteiger partial charge in [0.15, 0.2) is 0 Å². The van der Waals surface area contributed by atoms with Crippen molar-refractivity contribution in [2.45, 2.75) is 5.92 Å². The highest BCUT2D eigenvalue weighted by atomic mass is 15.1. The van der Waals surface area contributed by atoms with E-state index >= 15 is 0 Å². The van der Waals surface area contributed by atoms with Crippen molar-refractivity contribution in [3.63, 3.8) is 0 Å². The Morgan fingerprint density at radius 3 is 0.881 bits per heavy atom. The molecule has 2 N–H and O–H groups in total. The van der Waals surface area contributed by atoms with Crippen LogP contribution in [0.4, 0.5) is 5.69 Å². The summed E-state index contributed by atoms with van der Waals surface area (Å²) < 4.78 is 10.3. The van der Waals surface area contributed by atoms with E-state index in [9.17, 15) is 0 Å². The number of fused-ring (bicyclic) bond motifs is 16. The first-order valence-electron chi connectivity index (χ1n) is 29.1. The Morgan fingerprint density at radius 1 is 0.226 bits per heavy atom. The number of rotatable bonds is 6. The minimum Gasteiger partial charge on any atom is -0.395 e. The summed E-state index contributed by atoms with van der Waals surface area (Å²) in [6.45, 7) is 0. The van der Waals surface area contributed by atoms with Gasteiger partial charge in [-0.2, -0.15) is 0 Å². The summed E-state index contributed by atoms with van der Waals surface area (Å²) >= 11 is 0. The molecule has 0 amide bonds. The van der Waals surface area contributed by atoms with Gasteiger partial charge in [-0.1, -0.05) is 206 Å². The van der Waals surface area contributed by atoms with E-state index in [1.165, 1.54) is 115 Å². The first kappa shape index (κ1) is 45.6. The molecule has 0 unspecified atom stereocenters. The molecule has 13 aromatic carbocycles. The maximum Gasteiger partial charge on any atom is 0.0962 e. The molecular formula is C79H49N5. The van der Waals surface area contributed by atoms with Gasteiger partial charge in [0.1, 0.15) is 0 Å². The average Bonchev–Trinajstić information content (AvgIpc) is 2.33. The Kier molecular flexibility index (Phi) is 9.20. The summed E-state index contributed by atoms with van der Waals surface area (Å²) in [5.74, 6) is -0.276. The van der Waals surface area contributed by atoms with Gasteiger partial charge in [-0.3, -0.25) is 0 Å². The zero-order valence-corrected chi connectivity index (χ0v) is 45.5. The molecule has 0 aliphatic carbocycles. The van der Waals surface area contributed by atoms with E-state index in [0.717, 1.165) is 55.8 Å². The molecule has 0 saturated heterocycles. The fourth-order valence-electron chi connectivity index (χ4n) is 15.2. The minimum absolute atomic E-state index is 0.276. The van der Waals surface area contributed by atoms with Crippen molar-refractivity contribution in [3.05, 3.63) is 296 Å². The Hall–Kier alpha value is -11.1. The standard InChI is InChI=1S/C79H49N5/c80-73-78(81-65-33-17-13-29-55(65)56-30-14-18-34-66(56)81)76-72-71(63-45-53(49-25-9-3-10-26-49)43-61-59-41-51(47-21-5-1-6-22-47)37-39-69(59)83(76)74(61)63)64-46-54(50-27-11-4-12-28-50)44-62-60-42-52(48-23-7-2-8-24-48)38-40-70(60)84(75(62)64)77(72)79(73)82-67-35-19-15-31-57(67)58-32-16-20-36-68(58)82/h1-46,71H,80H2. The number of hydrogen-bond acceptors (Lipinski definition) is 1. The second kappa shape index (κ2) is 17.0. The summed E-state index contributed by atoms with van der Waals surface area (Å²) in [6.07, 6.45) is 0. The molecule has 0 spiro atoms. The summed E-state index contributed by atoms with van der Waals surface area (Å²) in [5, 5.41) is 9.51. The molecule has 0 bridgehead atoms. The third-order valence-corrected chi connectivity index (χ3v) is 18.6. The van der Waals surface area contributed by atoms with Gasteiger partial charge in [-0.15, -0.1) is 0 Å². The lowest BCUT2D eigenvalue weighted by molar-refractivity contribution is 0.871. The van der Waals surface area contributed by atoms with Crippen LogP contribution < -0.4 is 5.73 Å². The molecular weight excluding hydrogens is 1020 g/mol. The quantitative estimate of drug-likeness (QED) is 0.166. The molecule has 19 rings (SSSR count). The fourth-order valence-corrected chi connectivity index (χ4v) is 15.2. The highest BCUT2D eigenvalue weighted by Gasteiger charge is 2.44. The van der Waals surface area contributed by atoms with Crippen molar-refractivity contribution in [2.24, 2.45) is 0 Å². The Bertz CT molecular complexity index is 5210. The summed E-state index contributed by atoms with van der Waals surface area (Å²) in [5.41, 5.74) is 35.6. The van der Waals surface area contributed by atoms with Crippen molar-refractivity contribution < 1.29 is 0 Å². The van der Waals surface area contributed by atoms with Gasteiger partial charge in [0.25, 0.3) is 0 Å². The number of nitrogen functional groups attached to an aromatic ring is 1. The highest BCUT2D eigenvalue weighted by Crippen LogP contribution is 2.61. The largest absolute Gasteiger partial charge is 0.395 e. The molecule has 84 heavy (non-hydrogen) atoms.